The minimum absolute atomic E-state index is 0.222. The maximum atomic E-state index is 12.6. The smallest absolute Gasteiger partial charge is 0.255 e. The molecule has 1 N–H and O–H groups in total. The summed E-state index contributed by atoms with van der Waals surface area (Å²) in [5.74, 6) is 0.387. The quantitative estimate of drug-likeness (QED) is 0.761. The highest BCUT2D eigenvalue weighted by molar-refractivity contribution is 5.99. The first kappa shape index (κ1) is 17.6. The Morgan fingerprint density at radius 1 is 1.12 bits per heavy atom. The van der Waals surface area contributed by atoms with Gasteiger partial charge in [0.05, 0.1) is 17.8 Å². The number of rotatable bonds is 5. The Morgan fingerprint density at radius 2 is 1.88 bits per heavy atom. The molecule has 26 heavy (non-hydrogen) atoms. The summed E-state index contributed by atoms with van der Waals surface area (Å²) in [5.41, 5.74) is 4.78. The molecule has 0 aliphatic rings. The van der Waals surface area contributed by atoms with Crippen molar-refractivity contribution >= 4 is 11.7 Å². The fraction of sp³-hybridized carbons (Fsp3) is 0.263. The van der Waals surface area contributed by atoms with Crippen LogP contribution in [0.5, 0.6) is 0 Å². The first-order valence-electron chi connectivity index (χ1n) is 8.28. The summed E-state index contributed by atoms with van der Waals surface area (Å²) in [5, 5.41) is 10.3. The lowest BCUT2D eigenvalue weighted by molar-refractivity contribution is 0.0950. The van der Waals surface area contributed by atoms with Gasteiger partial charge in [0, 0.05) is 19.7 Å². The minimum atomic E-state index is -0.222. The highest BCUT2D eigenvalue weighted by Crippen LogP contribution is 2.25. The van der Waals surface area contributed by atoms with Crippen molar-refractivity contribution in [3.05, 3.63) is 58.9 Å². The average molecular weight is 351 g/mol. The standard InChI is InChI=1S/C19H21N5O2/c1-12-7-5-6-8-14(12)16-10-9-15(18(21-16)24(3)4)19(25)20-11-17-13(2)22-26-23-17/h5-10H,11H2,1-4H3,(H,20,25). The molecule has 2 heterocycles. The van der Waals surface area contributed by atoms with Crippen molar-refractivity contribution in [2.24, 2.45) is 0 Å². The van der Waals surface area contributed by atoms with Crippen molar-refractivity contribution < 1.29 is 9.42 Å². The molecule has 0 radical (unpaired) electrons. The van der Waals surface area contributed by atoms with E-state index >= 15 is 0 Å². The molecule has 3 aromatic rings. The lowest BCUT2D eigenvalue weighted by Gasteiger charge is -2.17. The number of aryl methyl sites for hydroxylation is 2. The van der Waals surface area contributed by atoms with Crippen molar-refractivity contribution in [3.63, 3.8) is 0 Å². The van der Waals surface area contributed by atoms with Gasteiger partial charge in [0.2, 0.25) is 0 Å². The van der Waals surface area contributed by atoms with Crippen LogP contribution in [0.3, 0.4) is 0 Å². The number of carbonyl (C=O) groups is 1. The molecule has 0 atom stereocenters. The van der Waals surface area contributed by atoms with E-state index in [2.05, 4.69) is 20.3 Å². The van der Waals surface area contributed by atoms with E-state index < -0.39 is 0 Å². The maximum absolute atomic E-state index is 12.6. The van der Waals surface area contributed by atoms with Crippen LogP contribution in [0.1, 0.15) is 27.3 Å². The van der Waals surface area contributed by atoms with Crippen LogP contribution >= 0.6 is 0 Å². The van der Waals surface area contributed by atoms with Gasteiger partial charge in [-0.05, 0) is 31.5 Å². The second kappa shape index (κ2) is 7.35. The first-order chi connectivity index (χ1) is 12.5. The number of carbonyl (C=O) groups excluding carboxylic acids is 1. The number of nitrogens with zero attached hydrogens (tertiary/aromatic N) is 4. The van der Waals surface area contributed by atoms with E-state index in [1.54, 1.807) is 13.0 Å². The van der Waals surface area contributed by atoms with Crippen LogP contribution in [0.15, 0.2) is 41.0 Å². The van der Waals surface area contributed by atoms with Crippen LogP contribution in [0.4, 0.5) is 5.82 Å². The molecule has 0 aliphatic carbocycles. The number of anilines is 1. The average Bonchev–Trinajstić information content (AvgIpc) is 3.04. The highest BCUT2D eigenvalue weighted by Gasteiger charge is 2.17. The summed E-state index contributed by atoms with van der Waals surface area (Å²) in [6.07, 6.45) is 0. The van der Waals surface area contributed by atoms with Crippen LogP contribution in [-0.4, -0.2) is 35.3 Å². The predicted octanol–water partition coefficient (Wildman–Crippen LogP) is 2.74. The van der Waals surface area contributed by atoms with E-state index in [4.69, 9.17) is 4.98 Å². The Kier molecular flexibility index (Phi) is 4.97. The van der Waals surface area contributed by atoms with Gasteiger partial charge < -0.3 is 10.2 Å². The minimum Gasteiger partial charge on any atom is -0.362 e. The normalized spacial score (nSPS) is 10.6. The Bertz CT molecular complexity index is 933. The molecule has 0 spiro atoms. The van der Waals surface area contributed by atoms with E-state index in [0.29, 0.717) is 22.8 Å². The molecule has 1 aromatic carbocycles. The molecule has 7 nitrogen and oxygen atoms in total. The third kappa shape index (κ3) is 3.56. The van der Waals surface area contributed by atoms with Crippen molar-refractivity contribution in [3.8, 4) is 11.3 Å². The molecular formula is C19H21N5O2. The van der Waals surface area contributed by atoms with E-state index in [1.807, 2.05) is 56.3 Å². The molecular weight excluding hydrogens is 330 g/mol. The lowest BCUT2D eigenvalue weighted by atomic mass is 10.0. The summed E-state index contributed by atoms with van der Waals surface area (Å²) < 4.78 is 4.65. The molecule has 7 heteroatoms. The number of hydrogen-bond acceptors (Lipinski definition) is 6. The van der Waals surface area contributed by atoms with Gasteiger partial charge in [-0.3, -0.25) is 4.79 Å². The second-order valence-corrected chi connectivity index (χ2v) is 6.26. The van der Waals surface area contributed by atoms with E-state index in [1.165, 1.54) is 0 Å². The second-order valence-electron chi connectivity index (χ2n) is 6.26. The van der Waals surface area contributed by atoms with Crippen LogP contribution in [0.25, 0.3) is 11.3 Å². The zero-order valence-electron chi connectivity index (χ0n) is 15.3. The van der Waals surface area contributed by atoms with Crippen LogP contribution in [-0.2, 0) is 6.54 Å². The zero-order chi connectivity index (χ0) is 18.7. The zero-order valence-corrected chi connectivity index (χ0v) is 15.3. The number of aromatic nitrogens is 3. The van der Waals surface area contributed by atoms with E-state index in [-0.39, 0.29) is 12.5 Å². The van der Waals surface area contributed by atoms with Crippen molar-refractivity contribution in [2.45, 2.75) is 20.4 Å². The first-order valence-corrected chi connectivity index (χ1v) is 8.28. The van der Waals surface area contributed by atoms with Gasteiger partial charge >= 0.3 is 0 Å². The number of amides is 1. The molecule has 0 saturated heterocycles. The van der Waals surface area contributed by atoms with Gasteiger partial charge in [-0.2, -0.15) is 0 Å². The predicted molar refractivity (Wildman–Crippen MR) is 98.9 cm³/mol. The number of nitrogens with one attached hydrogen (secondary N) is 1. The molecule has 0 fully saturated rings. The van der Waals surface area contributed by atoms with Crippen molar-refractivity contribution in [1.82, 2.24) is 20.6 Å². The van der Waals surface area contributed by atoms with Gasteiger partial charge in [0.1, 0.15) is 17.2 Å². The number of pyridine rings is 1. The van der Waals surface area contributed by atoms with Crippen LogP contribution in [0, 0.1) is 13.8 Å². The number of hydrogen-bond donors (Lipinski definition) is 1. The Labute approximate surface area is 152 Å². The van der Waals surface area contributed by atoms with Crippen molar-refractivity contribution in [1.29, 1.82) is 0 Å². The summed E-state index contributed by atoms with van der Waals surface area (Å²) in [7, 11) is 3.74. The number of benzene rings is 1. The van der Waals surface area contributed by atoms with Crippen LogP contribution < -0.4 is 10.2 Å². The molecule has 0 saturated carbocycles. The highest BCUT2D eigenvalue weighted by atomic mass is 16.6. The fourth-order valence-electron chi connectivity index (χ4n) is 2.65. The SMILES string of the molecule is Cc1ccccc1-c1ccc(C(=O)NCc2nonc2C)c(N(C)C)n1. The monoisotopic (exact) mass is 351 g/mol. The Hall–Kier alpha value is -3.22. The summed E-state index contributed by atoms with van der Waals surface area (Å²) in [6, 6.07) is 11.7. The molecule has 3 rings (SSSR count). The molecule has 134 valence electrons. The van der Waals surface area contributed by atoms with Gasteiger partial charge in [0.15, 0.2) is 0 Å². The third-order valence-electron chi connectivity index (χ3n) is 4.13. The molecule has 1 amide bonds. The summed E-state index contributed by atoms with van der Waals surface area (Å²) >= 11 is 0. The molecule has 0 aliphatic heterocycles. The molecule has 0 bridgehead atoms. The molecule has 2 aromatic heterocycles. The van der Waals surface area contributed by atoms with Gasteiger partial charge in [-0.15, -0.1) is 0 Å². The van der Waals surface area contributed by atoms with Gasteiger partial charge in [-0.25, -0.2) is 9.61 Å². The van der Waals surface area contributed by atoms with Crippen molar-refractivity contribution in [2.75, 3.05) is 19.0 Å². The summed E-state index contributed by atoms with van der Waals surface area (Å²) in [6.45, 7) is 4.07. The molecule has 0 unspecified atom stereocenters. The summed E-state index contributed by atoms with van der Waals surface area (Å²) in [4.78, 5) is 19.2. The Balaban J connectivity index is 1.88. The lowest BCUT2D eigenvalue weighted by Crippen LogP contribution is -2.26. The van der Waals surface area contributed by atoms with Gasteiger partial charge in [-0.1, -0.05) is 34.6 Å². The van der Waals surface area contributed by atoms with E-state index in [9.17, 15) is 4.79 Å². The fourth-order valence-corrected chi connectivity index (χ4v) is 2.65. The van der Waals surface area contributed by atoms with E-state index in [0.717, 1.165) is 16.8 Å². The Morgan fingerprint density at radius 3 is 2.54 bits per heavy atom. The largest absolute Gasteiger partial charge is 0.362 e. The van der Waals surface area contributed by atoms with Gasteiger partial charge in [0.25, 0.3) is 5.91 Å². The van der Waals surface area contributed by atoms with Crippen LogP contribution in [0.2, 0.25) is 0 Å². The maximum Gasteiger partial charge on any atom is 0.255 e. The third-order valence-corrected chi connectivity index (χ3v) is 4.13. The topological polar surface area (TPSA) is 84.2 Å².